The van der Waals surface area contributed by atoms with Crippen LogP contribution in [0.1, 0.15) is 20.7 Å². The van der Waals surface area contributed by atoms with Crippen LogP contribution in [0.4, 0.5) is 0 Å². The molecule has 30 heavy (non-hydrogen) atoms. The number of carbonyl (C=O) groups is 2. The number of carbonyl (C=O) groups excluding carboxylic acids is 2. The first-order valence-corrected chi connectivity index (χ1v) is 9.03. The molecule has 0 aliphatic rings. The van der Waals surface area contributed by atoms with Crippen LogP contribution in [-0.4, -0.2) is 53.1 Å². The Kier molecular flexibility index (Phi) is 10.1. The fourth-order valence-corrected chi connectivity index (χ4v) is 2.61. The molecule has 2 aromatic carbocycles. The number of methoxy groups -OCH3 is 6. The zero-order valence-corrected chi connectivity index (χ0v) is 18.8. The summed E-state index contributed by atoms with van der Waals surface area (Å²) in [5.41, 5.74) is 0.595. The maximum absolute atomic E-state index is 11.0. The lowest BCUT2D eigenvalue weighted by atomic mass is 10.2. The Morgan fingerprint density at radius 2 is 0.767 bits per heavy atom. The zero-order valence-electron chi connectivity index (χ0n) is 17.3. The highest BCUT2D eigenvalue weighted by Gasteiger charge is 2.16. The smallest absolute Gasteiger partial charge is 0.252 e. The molecule has 0 aromatic heterocycles. The molecule has 0 saturated heterocycles. The average Bonchev–Trinajstić information content (AvgIpc) is 2.76. The van der Waals surface area contributed by atoms with Gasteiger partial charge in [0, 0.05) is 11.1 Å². The minimum Gasteiger partial charge on any atom is -0.493 e. The van der Waals surface area contributed by atoms with E-state index in [9.17, 15) is 9.59 Å². The minimum atomic E-state index is -0.575. The summed E-state index contributed by atoms with van der Waals surface area (Å²) in [5, 5.41) is -1.15. The third-order valence-corrected chi connectivity index (χ3v) is 4.22. The van der Waals surface area contributed by atoms with Crippen molar-refractivity contribution in [2.45, 2.75) is 0 Å². The van der Waals surface area contributed by atoms with E-state index < -0.39 is 10.5 Å². The Bertz CT molecular complexity index is 775. The highest BCUT2D eigenvalue weighted by molar-refractivity contribution is 6.68. The lowest BCUT2D eigenvalue weighted by molar-refractivity contribution is 0.107. The van der Waals surface area contributed by atoms with Gasteiger partial charge in [-0.3, -0.25) is 9.59 Å². The van der Waals surface area contributed by atoms with Gasteiger partial charge in [0.05, 0.1) is 42.7 Å². The second kappa shape index (κ2) is 12.0. The first kappa shape index (κ1) is 25.2. The summed E-state index contributed by atoms with van der Waals surface area (Å²) < 4.78 is 30.4. The van der Waals surface area contributed by atoms with Gasteiger partial charge >= 0.3 is 0 Å². The van der Waals surface area contributed by atoms with Gasteiger partial charge in [0.1, 0.15) is 0 Å². The van der Waals surface area contributed by atoms with Gasteiger partial charge in [-0.1, -0.05) is 0 Å². The summed E-state index contributed by atoms with van der Waals surface area (Å²) in [4.78, 5) is 22.0. The van der Waals surface area contributed by atoms with Crippen LogP contribution in [0.3, 0.4) is 0 Å². The number of hydrogen-bond acceptors (Lipinski definition) is 8. The largest absolute Gasteiger partial charge is 0.493 e. The molecule has 0 unspecified atom stereocenters. The monoisotopic (exact) mass is 460 g/mol. The Morgan fingerprint density at radius 3 is 0.900 bits per heavy atom. The van der Waals surface area contributed by atoms with Crippen molar-refractivity contribution in [1.29, 1.82) is 0 Å². The molecule has 0 atom stereocenters. The molecule has 0 spiro atoms. The van der Waals surface area contributed by atoms with E-state index in [-0.39, 0.29) is 0 Å². The summed E-state index contributed by atoms with van der Waals surface area (Å²) in [6.45, 7) is 0. The second-order valence-electron chi connectivity index (χ2n) is 5.38. The van der Waals surface area contributed by atoms with E-state index in [2.05, 4.69) is 0 Å². The average molecular weight is 461 g/mol. The summed E-state index contributed by atoms with van der Waals surface area (Å²) in [5.74, 6) is 2.48. The van der Waals surface area contributed by atoms with Crippen LogP contribution < -0.4 is 28.4 Å². The third-order valence-electron chi connectivity index (χ3n) is 3.78. The molecule has 0 aliphatic heterocycles. The molecule has 2 aromatic rings. The SMILES string of the molecule is COc1cc(C(=O)Cl)cc(OC)c1OC.COc1cc(C(=O)Cl)cc(OC)c1OC. The van der Waals surface area contributed by atoms with Gasteiger partial charge in [0.15, 0.2) is 23.0 Å². The van der Waals surface area contributed by atoms with Crippen molar-refractivity contribution in [3.63, 3.8) is 0 Å². The predicted octanol–water partition coefficient (Wildman–Crippen LogP) is 4.18. The number of halogens is 2. The number of ether oxygens (including phenoxy) is 6. The molecule has 0 heterocycles. The van der Waals surface area contributed by atoms with Crippen LogP contribution in [0.5, 0.6) is 34.5 Å². The van der Waals surface area contributed by atoms with Crippen LogP contribution in [0.15, 0.2) is 24.3 Å². The third kappa shape index (κ3) is 6.08. The molecule has 8 nitrogen and oxygen atoms in total. The van der Waals surface area contributed by atoms with Gasteiger partial charge in [-0.2, -0.15) is 0 Å². The van der Waals surface area contributed by atoms with E-state index in [1.807, 2.05) is 0 Å². The van der Waals surface area contributed by atoms with Crippen molar-refractivity contribution in [2.24, 2.45) is 0 Å². The van der Waals surface area contributed by atoms with Gasteiger partial charge < -0.3 is 28.4 Å². The molecule has 0 aliphatic carbocycles. The molecule has 0 amide bonds. The minimum absolute atomic E-state index is 0.297. The fourth-order valence-electron chi connectivity index (χ4n) is 2.39. The normalized spacial score (nSPS) is 9.60. The van der Waals surface area contributed by atoms with Crippen molar-refractivity contribution in [3.8, 4) is 34.5 Å². The van der Waals surface area contributed by atoms with Gasteiger partial charge in [-0.25, -0.2) is 0 Å². The standard InChI is InChI=1S/2C10H11ClO4/c2*1-13-7-4-6(10(11)12)5-8(14-2)9(7)15-3/h2*4-5H,1-3H3. The molecule has 164 valence electrons. The Hall–Kier alpha value is -2.84. The van der Waals surface area contributed by atoms with Crippen LogP contribution >= 0.6 is 23.2 Å². The lowest BCUT2D eigenvalue weighted by Crippen LogP contribution is -1.98. The first-order valence-electron chi connectivity index (χ1n) is 8.27. The highest BCUT2D eigenvalue weighted by atomic mass is 35.5. The van der Waals surface area contributed by atoms with Gasteiger partial charge in [0.25, 0.3) is 10.5 Å². The summed E-state index contributed by atoms with van der Waals surface area (Å²) >= 11 is 10.7. The van der Waals surface area contributed by atoms with Crippen molar-refractivity contribution in [3.05, 3.63) is 35.4 Å². The highest BCUT2D eigenvalue weighted by Crippen LogP contribution is 2.39. The summed E-state index contributed by atoms with van der Waals surface area (Å²) in [7, 11) is 8.87. The Balaban J connectivity index is 0.000000300. The Labute approximate surface area is 184 Å². The summed E-state index contributed by atoms with van der Waals surface area (Å²) in [6.07, 6.45) is 0. The van der Waals surface area contributed by atoms with Crippen molar-refractivity contribution in [2.75, 3.05) is 42.7 Å². The molecule has 0 fully saturated rings. The Morgan fingerprint density at radius 1 is 0.533 bits per heavy atom. The quantitative estimate of drug-likeness (QED) is 0.541. The molecule has 0 bridgehead atoms. The van der Waals surface area contributed by atoms with Crippen LogP contribution in [-0.2, 0) is 0 Å². The molecule has 0 radical (unpaired) electrons. The maximum Gasteiger partial charge on any atom is 0.252 e. The fraction of sp³-hybridized carbons (Fsp3) is 0.300. The van der Waals surface area contributed by atoms with E-state index in [1.54, 1.807) is 0 Å². The lowest BCUT2D eigenvalue weighted by Gasteiger charge is -2.12. The summed E-state index contributed by atoms with van der Waals surface area (Å²) in [6, 6.07) is 5.99. The predicted molar refractivity (Wildman–Crippen MR) is 113 cm³/mol. The van der Waals surface area contributed by atoms with Crippen molar-refractivity contribution >= 4 is 33.7 Å². The molecule has 10 heteroatoms. The molecule has 2 rings (SSSR count). The van der Waals surface area contributed by atoms with E-state index in [4.69, 9.17) is 51.6 Å². The van der Waals surface area contributed by atoms with E-state index in [0.29, 0.717) is 45.6 Å². The van der Waals surface area contributed by atoms with Crippen LogP contribution in [0, 0.1) is 0 Å². The van der Waals surface area contributed by atoms with E-state index in [1.165, 1.54) is 66.9 Å². The molecular weight excluding hydrogens is 439 g/mol. The molecule has 0 N–H and O–H groups in total. The topological polar surface area (TPSA) is 89.5 Å². The van der Waals surface area contributed by atoms with Crippen molar-refractivity contribution in [1.82, 2.24) is 0 Å². The number of hydrogen-bond donors (Lipinski definition) is 0. The van der Waals surface area contributed by atoms with Gasteiger partial charge in [0.2, 0.25) is 11.5 Å². The van der Waals surface area contributed by atoms with E-state index in [0.717, 1.165) is 0 Å². The molecule has 0 saturated carbocycles. The van der Waals surface area contributed by atoms with Crippen molar-refractivity contribution < 1.29 is 38.0 Å². The van der Waals surface area contributed by atoms with Crippen LogP contribution in [0.2, 0.25) is 0 Å². The number of rotatable bonds is 8. The molecular formula is C20H22Cl2O8. The number of benzene rings is 2. The zero-order chi connectivity index (χ0) is 22.8. The van der Waals surface area contributed by atoms with Crippen LogP contribution in [0.25, 0.3) is 0 Å². The van der Waals surface area contributed by atoms with Gasteiger partial charge in [-0.15, -0.1) is 0 Å². The van der Waals surface area contributed by atoms with Gasteiger partial charge in [-0.05, 0) is 47.5 Å². The first-order chi connectivity index (χ1) is 14.3. The second-order valence-corrected chi connectivity index (χ2v) is 6.06. The van der Waals surface area contributed by atoms with E-state index >= 15 is 0 Å². The maximum atomic E-state index is 11.0.